The second-order valence-corrected chi connectivity index (χ2v) is 26.0. The van der Waals surface area contributed by atoms with Gasteiger partial charge in [0.1, 0.15) is 54.8 Å². The second-order valence-electron chi connectivity index (χ2n) is 24.5. The summed E-state index contributed by atoms with van der Waals surface area (Å²) in [5, 5.41) is 61.8. The smallest absolute Gasteiger partial charge is 0.424 e. The van der Waals surface area contributed by atoms with Crippen LogP contribution < -0.4 is 20.7 Å². The number of aliphatic hydroxyl groups excluding tert-OH is 4. The van der Waals surface area contributed by atoms with Gasteiger partial charge >= 0.3 is 18.2 Å². The van der Waals surface area contributed by atoms with Crippen LogP contribution in [0.4, 0.5) is 15.3 Å². The van der Waals surface area contributed by atoms with Gasteiger partial charge in [-0.25, -0.2) is 24.6 Å². The van der Waals surface area contributed by atoms with Crippen molar-refractivity contribution in [2.75, 3.05) is 84.9 Å². The molecule has 1 fully saturated rings. The standard InChI is InChI=1S/C67H88N8O22S/c1-40(2)58(53(78)31-41(3)63(85)70-52-20-19-42(37-94-66(87)72(4)25-12-18-57(80)81)32-54(52)96-65-61(84)60(83)59(82)55(36-76)97-65)71-56(79)22-27-92-29-30-93-28-24-69-64(86)44(39-98(89,90)91)34-46(77)21-26-75-45(33-43-13-11-23-68-62(43)75)35-73(5)74(6)67(88)95-38-51-49-16-9-7-14-47(49)48-15-8-10-17-50(48)51/h7-11,13-17,19-20,23,32-33,40-41,44,51,55,58-61,65,76,82-84H,12,18,21-22,24-31,34-39H2,1-6H3,(H,69,86)(H,70,85)(H,71,79)(H,80,81)(H,89,90,91)/t41-,44+,55-,58+,59-,60+,61-,65-/m1/s1. The van der Waals surface area contributed by atoms with Crippen molar-refractivity contribution in [3.05, 3.63) is 114 Å². The van der Waals surface area contributed by atoms with Crippen LogP contribution >= 0.6 is 0 Å². The Bertz CT molecular complexity index is 3650. The molecule has 1 aliphatic carbocycles. The lowest BCUT2D eigenvalue weighted by Crippen LogP contribution is -2.60. The lowest BCUT2D eigenvalue weighted by molar-refractivity contribution is -0.277. The van der Waals surface area contributed by atoms with Crippen LogP contribution in [0.2, 0.25) is 0 Å². The molecule has 0 saturated carbocycles. The van der Waals surface area contributed by atoms with Crippen molar-refractivity contribution in [2.24, 2.45) is 17.8 Å². The molecular weight excluding hydrogens is 1300 g/mol. The Hall–Kier alpha value is -8.50. The first-order chi connectivity index (χ1) is 46.6. The number of nitrogens with one attached hydrogen (secondary N) is 3. The molecule has 3 heterocycles. The number of aromatic nitrogens is 2. The number of amides is 5. The number of ketones is 2. The van der Waals surface area contributed by atoms with Crippen molar-refractivity contribution in [3.8, 4) is 16.9 Å². The molecule has 9 N–H and O–H groups in total. The molecule has 0 bridgehead atoms. The molecule has 31 heteroatoms. The molecule has 0 radical (unpaired) electrons. The zero-order valence-corrected chi connectivity index (χ0v) is 56.3. The Kier molecular flexibility index (Phi) is 28.5. The average Bonchev–Trinajstić information content (AvgIpc) is 1.60. The quantitative estimate of drug-likeness (QED) is 0.0155. The number of aryl methyl sites for hydroxylation is 1. The fourth-order valence-electron chi connectivity index (χ4n) is 11.3. The van der Waals surface area contributed by atoms with E-state index in [1.54, 1.807) is 45.2 Å². The predicted octanol–water partition coefficient (Wildman–Crippen LogP) is 3.64. The van der Waals surface area contributed by atoms with E-state index in [1.165, 1.54) is 42.1 Å². The predicted molar refractivity (Wildman–Crippen MR) is 352 cm³/mol. The molecule has 3 aromatic carbocycles. The summed E-state index contributed by atoms with van der Waals surface area (Å²) in [6.07, 6.45) is -9.26. The number of fused-ring (bicyclic) bond motifs is 4. The van der Waals surface area contributed by atoms with Crippen molar-refractivity contribution >= 4 is 74.3 Å². The number of pyridine rings is 1. The third-order valence-electron chi connectivity index (χ3n) is 16.7. The Labute approximate surface area is 567 Å². The SMILES string of the molecule is CC(C)[C@H](NC(=O)CCOCCOCCNC(=O)[C@@H](CC(=O)CCn1c(CN(C)N(C)C(=O)OCC2c3ccccc3-c3ccccc32)cc2cccnc21)CS(=O)(=O)O)C(=O)C[C@@H](C)C(=O)Nc1ccc(COC(=O)N(C)CCCC(=O)O)cc1O[C@@H]1O[C@H](CO)[C@@H](O)[C@H](O)[C@H]1O. The average molecular weight is 1390 g/mol. The van der Waals surface area contributed by atoms with Crippen LogP contribution in [0.25, 0.3) is 22.2 Å². The van der Waals surface area contributed by atoms with Crippen LogP contribution in [-0.2, 0) is 82.3 Å². The second kappa shape index (κ2) is 36.4. The number of aliphatic carboxylic acids is 1. The van der Waals surface area contributed by atoms with E-state index in [9.17, 15) is 71.8 Å². The van der Waals surface area contributed by atoms with Crippen LogP contribution in [0.15, 0.2) is 91.1 Å². The largest absolute Gasteiger partial charge is 0.481 e. The van der Waals surface area contributed by atoms with Gasteiger partial charge in [-0.2, -0.15) is 8.42 Å². The number of carbonyl (C=O) groups is 8. The number of carbonyl (C=O) groups excluding carboxylic acids is 7. The van der Waals surface area contributed by atoms with Crippen LogP contribution in [0.3, 0.4) is 0 Å². The van der Waals surface area contributed by atoms with Gasteiger partial charge in [-0.15, -0.1) is 0 Å². The molecule has 1 aliphatic heterocycles. The van der Waals surface area contributed by atoms with Gasteiger partial charge in [0.2, 0.25) is 24.0 Å². The molecule has 2 aliphatic rings. The van der Waals surface area contributed by atoms with E-state index in [0.29, 0.717) is 16.9 Å². The number of rotatable bonds is 38. The summed E-state index contributed by atoms with van der Waals surface area (Å²) in [6, 6.07) is 24.7. The molecule has 534 valence electrons. The number of nitrogens with zero attached hydrogens (tertiary/aromatic N) is 5. The van der Waals surface area contributed by atoms with Crippen LogP contribution in [0.1, 0.15) is 87.6 Å². The summed E-state index contributed by atoms with van der Waals surface area (Å²) in [5.74, 6) is -8.13. The number of hydrogen-bond donors (Lipinski definition) is 9. The Morgan fingerprint density at radius 3 is 2.11 bits per heavy atom. The number of carboxylic acids is 1. The third-order valence-corrected chi connectivity index (χ3v) is 17.6. The van der Waals surface area contributed by atoms with E-state index in [2.05, 4.69) is 33.1 Å². The van der Waals surface area contributed by atoms with Crippen molar-refractivity contribution < 1.29 is 105 Å². The van der Waals surface area contributed by atoms with Gasteiger partial charge in [0.05, 0.1) is 63.0 Å². The maximum Gasteiger partial charge on any atom is 0.424 e. The summed E-state index contributed by atoms with van der Waals surface area (Å²) in [6.45, 7) is 4.09. The van der Waals surface area contributed by atoms with Crippen LogP contribution in [0, 0.1) is 17.8 Å². The van der Waals surface area contributed by atoms with Gasteiger partial charge in [-0.3, -0.25) is 33.3 Å². The fraction of sp³-hybridized carbons (Fsp3) is 0.507. The van der Waals surface area contributed by atoms with E-state index in [-0.39, 0.29) is 115 Å². The lowest BCUT2D eigenvalue weighted by atomic mass is 9.92. The number of anilines is 1. The number of benzene rings is 3. The van der Waals surface area contributed by atoms with E-state index >= 15 is 0 Å². The minimum absolute atomic E-state index is 0.0143. The first kappa shape index (κ1) is 76.9. The molecule has 0 unspecified atom stereocenters. The monoisotopic (exact) mass is 1390 g/mol. The first-order valence-electron chi connectivity index (χ1n) is 32.1. The van der Waals surface area contributed by atoms with Crippen molar-refractivity contribution in [1.82, 2.24) is 35.1 Å². The molecule has 8 atom stereocenters. The van der Waals surface area contributed by atoms with Gasteiger partial charge in [0.25, 0.3) is 10.1 Å². The Balaban J connectivity index is 0.820. The van der Waals surface area contributed by atoms with E-state index < -0.39 is 131 Å². The Morgan fingerprint density at radius 1 is 0.765 bits per heavy atom. The minimum Gasteiger partial charge on any atom is -0.481 e. The molecule has 5 aromatic rings. The van der Waals surface area contributed by atoms with Crippen LogP contribution in [-0.4, -0.2) is 227 Å². The molecule has 2 aromatic heterocycles. The molecule has 98 heavy (non-hydrogen) atoms. The van der Waals surface area contributed by atoms with E-state index in [1.807, 2.05) is 53.1 Å². The van der Waals surface area contributed by atoms with Crippen molar-refractivity contribution in [1.29, 1.82) is 0 Å². The van der Waals surface area contributed by atoms with Crippen molar-refractivity contribution in [3.63, 3.8) is 0 Å². The summed E-state index contributed by atoms with van der Waals surface area (Å²) < 4.78 is 69.5. The zero-order chi connectivity index (χ0) is 71.4. The number of hydrazine groups is 1. The number of ether oxygens (including phenoxy) is 6. The van der Waals surface area contributed by atoms with Crippen LogP contribution in [0.5, 0.6) is 5.75 Å². The third kappa shape index (κ3) is 21.7. The number of hydrogen-bond acceptors (Lipinski definition) is 22. The normalized spacial score (nSPS) is 17.7. The molecular formula is C67H88N8O22S. The zero-order valence-electron chi connectivity index (χ0n) is 55.5. The first-order valence-corrected chi connectivity index (χ1v) is 33.7. The maximum absolute atomic E-state index is 13.7. The van der Waals surface area contributed by atoms with Gasteiger partial charge in [0, 0.05) is 102 Å². The fourth-order valence-corrected chi connectivity index (χ4v) is 12.0. The highest BCUT2D eigenvalue weighted by molar-refractivity contribution is 7.85. The highest BCUT2D eigenvalue weighted by atomic mass is 32.2. The highest BCUT2D eigenvalue weighted by Crippen LogP contribution is 2.44. The van der Waals surface area contributed by atoms with Gasteiger partial charge in [0.15, 0.2) is 5.78 Å². The Morgan fingerprint density at radius 2 is 1.45 bits per heavy atom. The lowest BCUT2D eigenvalue weighted by Gasteiger charge is -2.39. The summed E-state index contributed by atoms with van der Waals surface area (Å²) in [7, 11) is 0.0203. The minimum atomic E-state index is -4.71. The molecule has 1 saturated heterocycles. The summed E-state index contributed by atoms with van der Waals surface area (Å²) in [5.41, 5.74) is 5.90. The highest BCUT2D eigenvalue weighted by Gasteiger charge is 2.45. The van der Waals surface area contributed by atoms with Gasteiger partial charge in [-0.05, 0) is 70.5 Å². The van der Waals surface area contributed by atoms with Gasteiger partial charge < -0.3 is 79.4 Å². The maximum atomic E-state index is 13.7. The molecule has 5 amide bonds. The number of carboxylic acid groups (broad SMARTS) is 1. The molecule has 0 spiro atoms. The van der Waals surface area contributed by atoms with Gasteiger partial charge in [-0.1, -0.05) is 75.4 Å². The summed E-state index contributed by atoms with van der Waals surface area (Å²) >= 11 is 0. The summed E-state index contributed by atoms with van der Waals surface area (Å²) in [4.78, 5) is 110. The molecule has 7 rings (SSSR count). The number of Topliss-reactive ketones (excluding diaryl/α,β-unsaturated/α-hetero) is 2. The van der Waals surface area contributed by atoms with E-state index in [0.717, 1.165) is 27.6 Å². The van der Waals surface area contributed by atoms with Crippen molar-refractivity contribution in [2.45, 2.75) is 122 Å². The van der Waals surface area contributed by atoms with E-state index in [4.69, 9.17) is 33.5 Å². The topological polar surface area (TPSA) is 411 Å². The number of aliphatic hydroxyl groups is 4. The molecule has 30 nitrogen and oxygen atoms in total.